The SMILES string of the molecule is Oc1cc(F)c(F)c(CC2(O)CC2)c1F. The smallest absolute Gasteiger partial charge is 0.171 e. The molecule has 0 saturated heterocycles. The Balaban J connectivity index is 2.44. The molecule has 0 atom stereocenters. The summed E-state index contributed by atoms with van der Waals surface area (Å²) in [5, 5.41) is 18.4. The second-order valence-corrected chi connectivity index (χ2v) is 3.89. The van der Waals surface area contributed by atoms with E-state index in [0.717, 1.165) is 0 Å². The van der Waals surface area contributed by atoms with Crippen LogP contribution in [0.25, 0.3) is 0 Å². The second-order valence-electron chi connectivity index (χ2n) is 3.89. The molecule has 0 radical (unpaired) electrons. The fraction of sp³-hybridized carbons (Fsp3) is 0.400. The van der Waals surface area contributed by atoms with E-state index in [2.05, 4.69) is 0 Å². The van der Waals surface area contributed by atoms with E-state index in [4.69, 9.17) is 5.11 Å². The number of phenolic OH excluding ortho intramolecular Hbond substituents is 1. The van der Waals surface area contributed by atoms with Crippen LogP contribution in [-0.2, 0) is 6.42 Å². The molecule has 1 aromatic carbocycles. The Bertz CT molecular complexity index is 387. The largest absolute Gasteiger partial charge is 0.505 e. The molecule has 82 valence electrons. The van der Waals surface area contributed by atoms with Gasteiger partial charge in [-0.2, -0.15) is 0 Å². The second kappa shape index (κ2) is 3.13. The fourth-order valence-corrected chi connectivity index (χ4v) is 1.45. The van der Waals surface area contributed by atoms with Crippen LogP contribution >= 0.6 is 0 Å². The molecule has 1 saturated carbocycles. The first-order valence-electron chi connectivity index (χ1n) is 4.51. The highest BCUT2D eigenvalue weighted by Gasteiger charge is 2.42. The Morgan fingerprint density at radius 3 is 2.33 bits per heavy atom. The lowest BCUT2D eigenvalue weighted by atomic mass is 10.0. The van der Waals surface area contributed by atoms with Crippen LogP contribution in [0.15, 0.2) is 6.07 Å². The lowest BCUT2D eigenvalue weighted by Crippen LogP contribution is -2.14. The van der Waals surface area contributed by atoms with Gasteiger partial charge in [-0.05, 0) is 12.8 Å². The summed E-state index contributed by atoms with van der Waals surface area (Å²) in [6, 6.07) is 0.380. The van der Waals surface area contributed by atoms with E-state index in [-0.39, 0.29) is 6.42 Å². The summed E-state index contributed by atoms with van der Waals surface area (Å²) < 4.78 is 39.2. The molecule has 2 nitrogen and oxygen atoms in total. The van der Waals surface area contributed by atoms with Crippen molar-refractivity contribution in [2.24, 2.45) is 0 Å². The third kappa shape index (κ3) is 1.79. The molecule has 0 amide bonds. The first kappa shape index (κ1) is 10.3. The number of halogens is 3. The van der Waals surface area contributed by atoms with Gasteiger partial charge in [0.15, 0.2) is 23.2 Å². The number of hydrogen-bond donors (Lipinski definition) is 2. The predicted octanol–water partition coefficient (Wildman–Crippen LogP) is 1.88. The van der Waals surface area contributed by atoms with Crippen LogP contribution in [0.1, 0.15) is 18.4 Å². The van der Waals surface area contributed by atoms with Gasteiger partial charge in [-0.1, -0.05) is 0 Å². The molecule has 5 heteroatoms. The minimum atomic E-state index is -1.34. The highest BCUT2D eigenvalue weighted by Crippen LogP contribution is 2.40. The summed E-state index contributed by atoms with van der Waals surface area (Å²) in [6.45, 7) is 0. The number of phenols is 1. The minimum absolute atomic E-state index is 0.310. The van der Waals surface area contributed by atoms with Gasteiger partial charge in [0.1, 0.15) is 0 Å². The number of aromatic hydroxyl groups is 1. The topological polar surface area (TPSA) is 40.5 Å². The summed E-state index contributed by atoms with van der Waals surface area (Å²) >= 11 is 0. The number of rotatable bonds is 2. The highest BCUT2D eigenvalue weighted by atomic mass is 19.2. The van der Waals surface area contributed by atoms with Crippen molar-refractivity contribution in [3.8, 4) is 5.75 Å². The summed E-state index contributed by atoms with van der Waals surface area (Å²) in [6.07, 6.45) is 0.558. The zero-order valence-corrected chi connectivity index (χ0v) is 7.73. The van der Waals surface area contributed by atoms with Gasteiger partial charge in [0.25, 0.3) is 0 Å². The van der Waals surface area contributed by atoms with Crippen molar-refractivity contribution >= 4 is 0 Å². The fourth-order valence-electron chi connectivity index (χ4n) is 1.45. The van der Waals surface area contributed by atoms with Crippen molar-refractivity contribution in [1.82, 2.24) is 0 Å². The zero-order chi connectivity index (χ0) is 11.2. The van der Waals surface area contributed by atoms with Crippen molar-refractivity contribution < 1.29 is 23.4 Å². The first-order chi connectivity index (χ1) is 6.93. The maximum atomic E-state index is 13.2. The van der Waals surface area contributed by atoms with E-state index in [1.807, 2.05) is 0 Å². The van der Waals surface area contributed by atoms with Crippen molar-refractivity contribution in [2.45, 2.75) is 24.9 Å². The molecule has 1 fully saturated rings. The molecule has 0 aliphatic heterocycles. The number of benzene rings is 1. The summed E-state index contributed by atoms with van der Waals surface area (Å²) in [5.41, 5.74) is -1.73. The lowest BCUT2D eigenvalue weighted by molar-refractivity contribution is 0.147. The van der Waals surface area contributed by atoms with Crippen LogP contribution in [0.5, 0.6) is 5.75 Å². The van der Waals surface area contributed by atoms with Crippen molar-refractivity contribution in [2.75, 3.05) is 0 Å². The molecule has 1 aliphatic rings. The molecular formula is C10H9F3O2. The molecule has 0 heterocycles. The van der Waals surface area contributed by atoms with Gasteiger partial charge in [-0.25, -0.2) is 13.2 Å². The quantitative estimate of drug-likeness (QED) is 0.744. The van der Waals surface area contributed by atoms with Crippen molar-refractivity contribution in [1.29, 1.82) is 0 Å². The zero-order valence-electron chi connectivity index (χ0n) is 7.73. The van der Waals surface area contributed by atoms with E-state index < -0.39 is 34.4 Å². The normalized spacial score (nSPS) is 17.9. The van der Waals surface area contributed by atoms with Gasteiger partial charge >= 0.3 is 0 Å². The van der Waals surface area contributed by atoms with Gasteiger partial charge in [0.2, 0.25) is 0 Å². The average molecular weight is 218 g/mol. The monoisotopic (exact) mass is 218 g/mol. The van der Waals surface area contributed by atoms with Crippen LogP contribution in [0, 0.1) is 17.5 Å². The third-order valence-electron chi connectivity index (χ3n) is 2.56. The molecule has 0 unspecified atom stereocenters. The molecule has 0 bridgehead atoms. The minimum Gasteiger partial charge on any atom is -0.505 e. The summed E-state index contributed by atoms with van der Waals surface area (Å²) in [7, 11) is 0. The Hall–Kier alpha value is -1.23. The average Bonchev–Trinajstić information content (AvgIpc) is 2.89. The van der Waals surface area contributed by atoms with Crippen molar-refractivity contribution in [3.05, 3.63) is 29.1 Å². The summed E-state index contributed by atoms with van der Waals surface area (Å²) in [5.74, 6) is -4.79. The molecule has 0 spiro atoms. The Labute approximate surface area is 84.0 Å². The molecular weight excluding hydrogens is 209 g/mol. The Kier molecular flexibility index (Phi) is 2.15. The highest BCUT2D eigenvalue weighted by molar-refractivity contribution is 5.34. The van der Waals surface area contributed by atoms with Gasteiger partial charge in [-0.15, -0.1) is 0 Å². The van der Waals surface area contributed by atoms with Gasteiger partial charge in [-0.3, -0.25) is 0 Å². The maximum absolute atomic E-state index is 13.2. The van der Waals surface area contributed by atoms with E-state index in [1.54, 1.807) is 0 Å². The maximum Gasteiger partial charge on any atom is 0.171 e. The van der Waals surface area contributed by atoms with E-state index >= 15 is 0 Å². The molecule has 15 heavy (non-hydrogen) atoms. The Morgan fingerprint density at radius 2 is 1.80 bits per heavy atom. The van der Waals surface area contributed by atoms with Gasteiger partial charge in [0.05, 0.1) is 5.60 Å². The molecule has 1 aliphatic carbocycles. The van der Waals surface area contributed by atoms with E-state index in [1.165, 1.54) is 0 Å². The number of aliphatic hydroxyl groups is 1. The number of hydrogen-bond acceptors (Lipinski definition) is 2. The van der Waals surface area contributed by atoms with Crippen LogP contribution in [0.2, 0.25) is 0 Å². The van der Waals surface area contributed by atoms with Gasteiger partial charge in [0, 0.05) is 18.1 Å². The van der Waals surface area contributed by atoms with E-state index in [0.29, 0.717) is 18.9 Å². The van der Waals surface area contributed by atoms with E-state index in [9.17, 15) is 18.3 Å². The van der Waals surface area contributed by atoms with Crippen LogP contribution in [-0.4, -0.2) is 15.8 Å². The third-order valence-corrected chi connectivity index (χ3v) is 2.56. The van der Waals surface area contributed by atoms with Crippen LogP contribution < -0.4 is 0 Å². The molecule has 2 N–H and O–H groups in total. The predicted molar refractivity (Wildman–Crippen MR) is 45.9 cm³/mol. The molecule has 0 aromatic heterocycles. The first-order valence-corrected chi connectivity index (χ1v) is 4.51. The Morgan fingerprint density at radius 1 is 1.20 bits per heavy atom. The standard InChI is InChI=1S/C10H9F3O2/c11-6-3-7(14)9(13)5(8(6)12)4-10(15)1-2-10/h3,14-15H,1-2,4H2. The van der Waals surface area contributed by atoms with Crippen LogP contribution in [0.4, 0.5) is 13.2 Å². The van der Waals surface area contributed by atoms with Crippen LogP contribution in [0.3, 0.4) is 0 Å². The van der Waals surface area contributed by atoms with Crippen molar-refractivity contribution in [3.63, 3.8) is 0 Å². The molecule has 1 aromatic rings. The summed E-state index contributed by atoms with van der Waals surface area (Å²) in [4.78, 5) is 0. The van der Waals surface area contributed by atoms with Gasteiger partial charge < -0.3 is 10.2 Å². The molecule has 2 rings (SSSR count). The lowest BCUT2D eigenvalue weighted by Gasteiger charge is -2.10.